The van der Waals surface area contributed by atoms with Crippen molar-refractivity contribution in [3.8, 4) is 5.75 Å². The molecule has 0 radical (unpaired) electrons. The first-order valence-electron chi connectivity index (χ1n) is 7.07. The van der Waals surface area contributed by atoms with Crippen LogP contribution in [0.3, 0.4) is 0 Å². The number of non-ortho nitro benzene ring substituents is 1. The fraction of sp³-hybridized carbons (Fsp3) is 0.188. The van der Waals surface area contributed by atoms with E-state index in [1.807, 2.05) is 0 Å². The predicted octanol–water partition coefficient (Wildman–Crippen LogP) is 3.98. The van der Waals surface area contributed by atoms with Gasteiger partial charge >= 0.3 is 6.36 Å². The second-order valence-corrected chi connectivity index (χ2v) is 5.12. The molecule has 1 amide bonds. The molecule has 2 aromatic carbocycles. The summed E-state index contributed by atoms with van der Waals surface area (Å²) in [5.74, 6) is -0.817. The van der Waals surface area contributed by atoms with Gasteiger partial charge in [0, 0.05) is 17.7 Å². The first-order valence-corrected chi connectivity index (χ1v) is 7.07. The lowest BCUT2D eigenvalue weighted by molar-refractivity contribution is -0.384. The molecule has 132 valence electrons. The number of alkyl halides is 3. The van der Waals surface area contributed by atoms with Crippen molar-refractivity contribution in [2.45, 2.75) is 19.3 Å². The Bertz CT molecular complexity index is 758. The fourth-order valence-electron chi connectivity index (χ4n) is 2.06. The maximum atomic E-state index is 12.1. The van der Waals surface area contributed by atoms with Gasteiger partial charge in [-0.15, -0.1) is 13.2 Å². The predicted molar refractivity (Wildman–Crippen MR) is 82.1 cm³/mol. The molecule has 0 aliphatic heterocycles. The highest BCUT2D eigenvalue weighted by Crippen LogP contribution is 2.24. The smallest absolute Gasteiger partial charge is 0.406 e. The van der Waals surface area contributed by atoms with Crippen LogP contribution in [0, 0.1) is 10.1 Å². The summed E-state index contributed by atoms with van der Waals surface area (Å²) in [5, 5.41) is 13.2. The van der Waals surface area contributed by atoms with Crippen molar-refractivity contribution in [2.24, 2.45) is 0 Å². The minimum atomic E-state index is -4.77. The molecule has 0 saturated carbocycles. The molecule has 1 atom stereocenters. The van der Waals surface area contributed by atoms with E-state index in [0.717, 1.165) is 12.1 Å². The number of nitro benzene ring substituents is 1. The van der Waals surface area contributed by atoms with Gasteiger partial charge in [0.1, 0.15) is 5.75 Å². The average molecular weight is 354 g/mol. The number of halogens is 3. The summed E-state index contributed by atoms with van der Waals surface area (Å²) >= 11 is 0. The van der Waals surface area contributed by atoms with Crippen LogP contribution in [-0.4, -0.2) is 17.2 Å². The van der Waals surface area contributed by atoms with Crippen molar-refractivity contribution in [2.75, 3.05) is 0 Å². The number of carbonyl (C=O) groups is 1. The molecule has 6 nitrogen and oxygen atoms in total. The number of carbonyl (C=O) groups excluding carboxylic acids is 1. The standard InChI is InChI=1S/C16H13F3N2O4/c1-10(11-4-8-14(9-5-11)25-16(17,18)19)20-15(22)12-2-6-13(7-3-12)21(23)24/h2-10H,1H3,(H,20,22). The van der Waals surface area contributed by atoms with E-state index in [4.69, 9.17) is 0 Å². The van der Waals surface area contributed by atoms with Crippen LogP contribution in [0.2, 0.25) is 0 Å². The molecule has 0 saturated heterocycles. The number of rotatable bonds is 5. The second kappa shape index (κ2) is 7.20. The Hall–Kier alpha value is -3.10. The monoisotopic (exact) mass is 354 g/mol. The summed E-state index contributed by atoms with van der Waals surface area (Å²) in [4.78, 5) is 22.1. The number of hydrogen-bond acceptors (Lipinski definition) is 4. The van der Waals surface area contributed by atoms with Crippen LogP contribution in [0.15, 0.2) is 48.5 Å². The Kier molecular flexibility index (Phi) is 5.26. The van der Waals surface area contributed by atoms with Crippen LogP contribution in [0.5, 0.6) is 5.75 Å². The molecule has 1 N–H and O–H groups in total. The molecular weight excluding hydrogens is 341 g/mol. The van der Waals surface area contributed by atoms with E-state index < -0.39 is 23.2 Å². The topological polar surface area (TPSA) is 81.5 Å². The molecule has 0 aliphatic rings. The molecule has 0 bridgehead atoms. The van der Waals surface area contributed by atoms with E-state index in [1.54, 1.807) is 6.92 Å². The van der Waals surface area contributed by atoms with Crippen molar-refractivity contribution >= 4 is 11.6 Å². The summed E-state index contributed by atoms with van der Waals surface area (Å²) in [6, 6.07) is 9.69. The van der Waals surface area contributed by atoms with Crippen LogP contribution < -0.4 is 10.1 Å². The van der Waals surface area contributed by atoms with Crippen molar-refractivity contribution in [1.82, 2.24) is 5.32 Å². The van der Waals surface area contributed by atoms with Gasteiger partial charge in [0.05, 0.1) is 11.0 Å². The van der Waals surface area contributed by atoms with Crippen molar-refractivity contribution in [3.05, 3.63) is 69.8 Å². The Morgan fingerprint density at radius 1 is 1.12 bits per heavy atom. The number of nitro groups is 1. The molecule has 0 heterocycles. The highest BCUT2D eigenvalue weighted by atomic mass is 19.4. The number of amides is 1. The summed E-state index contributed by atoms with van der Waals surface area (Å²) < 4.78 is 40.1. The van der Waals surface area contributed by atoms with E-state index in [9.17, 15) is 28.1 Å². The quantitative estimate of drug-likeness (QED) is 0.650. The Balaban J connectivity index is 2.02. The zero-order valence-electron chi connectivity index (χ0n) is 12.9. The number of nitrogens with zero attached hydrogens (tertiary/aromatic N) is 1. The van der Waals surface area contributed by atoms with E-state index in [0.29, 0.717) is 5.56 Å². The number of hydrogen-bond donors (Lipinski definition) is 1. The number of benzene rings is 2. The fourth-order valence-corrected chi connectivity index (χ4v) is 2.06. The van der Waals surface area contributed by atoms with Gasteiger partial charge in [0.15, 0.2) is 0 Å². The summed E-state index contributed by atoms with van der Waals surface area (Å²) in [7, 11) is 0. The minimum absolute atomic E-state index is 0.134. The van der Waals surface area contributed by atoms with Gasteiger partial charge < -0.3 is 10.1 Å². The first kappa shape index (κ1) is 18.2. The highest BCUT2D eigenvalue weighted by molar-refractivity contribution is 5.94. The molecule has 0 aliphatic carbocycles. The lowest BCUT2D eigenvalue weighted by Gasteiger charge is -2.15. The normalized spacial score (nSPS) is 12.3. The average Bonchev–Trinajstić information content (AvgIpc) is 2.54. The molecular formula is C16H13F3N2O4. The maximum absolute atomic E-state index is 12.1. The van der Waals surface area contributed by atoms with E-state index in [-0.39, 0.29) is 17.0 Å². The highest BCUT2D eigenvalue weighted by Gasteiger charge is 2.31. The van der Waals surface area contributed by atoms with Crippen molar-refractivity contribution in [3.63, 3.8) is 0 Å². The van der Waals surface area contributed by atoms with Crippen LogP contribution in [0.25, 0.3) is 0 Å². The third-order valence-corrected chi connectivity index (χ3v) is 3.30. The van der Waals surface area contributed by atoms with Gasteiger partial charge in [-0.05, 0) is 36.8 Å². The molecule has 25 heavy (non-hydrogen) atoms. The van der Waals surface area contributed by atoms with Crippen molar-refractivity contribution < 1.29 is 27.6 Å². The van der Waals surface area contributed by atoms with Crippen LogP contribution in [0.1, 0.15) is 28.9 Å². The van der Waals surface area contributed by atoms with Crippen LogP contribution in [-0.2, 0) is 0 Å². The van der Waals surface area contributed by atoms with E-state index in [1.165, 1.54) is 36.4 Å². The number of ether oxygens (including phenoxy) is 1. The van der Waals surface area contributed by atoms with Crippen molar-refractivity contribution in [1.29, 1.82) is 0 Å². The maximum Gasteiger partial charge on any atom is 0.573 e. The zero-order valence-corrected chi connectivity index (χ0v) is 12.9. The molecule has 2 rings (SSSR count). The third-order valence-electron chi connectivity index (χ3n) is 3.30. The summed E-state index contributed by atoms with van der Waals surface area (Å²) in [6.45, 7) is 1.66. The summed E-state index contributed by atoms with van der Waals surface area (Å²) in [5.41, 5.74) is 0.670. The van der Waals surface area contributed by atoms with Crippen LogP contribution in [0.4, 0.5) is 18.9 Å². The largest absolute Gasteiger partial charge is 0.573 e. The molecule has 1 unspecified atom stereocenters. The van der Waals surface area contributed by atoms with E-state index >= 15 is 0 Å². The Morgan fingerprint density at radius 2 is 1.68 bits per heavy atom. The molecule has 2 aromatic rings. The van der Waals surface area contributed by atoms with Gasteiger partial charge in [-0.3, -0.25) is 14.9 Å². The van der Waals surface area contributed by atoms with Gasteiger partial charge in [-0.1, -0.05) is 12.1 Å². The second-order valence-electron chi connectivity index (χ2n) is 5.12. The number of nitrogens with one attached hydrogen (secondary N) is 1. The van der Waals surface area contributed by atoms with Gasteiger partial charge in [-0.25, -0.2) is 0 Å². The lowest BCUT2D eigenvalue weighted by Crippen LogP contribution is -2.26. The minimum Gasteiger partial charge on any atom is -0.406 e. The van der Waals surface area contributed by atoms with E-state index in [2.05, 4.69) is 10.1 Å². The van der Waals surface area contributed by atoms with Gasteiger partial charge in [0.2, 0.25) is 0 Å². The van der Waals surface area contributed by atoms with Crippen LogP contribution >= 0.6 is 0 Å². The third kappa shape index (κ3) is 5.20. The lowest BCUT2D eigenvalue weighted by atomic mass is 10.1. The molecule has 0 fully saturated rings. The molecule has 9 heteroatoms. The molecule has 0 aromatic heterocycles. The molecule has 0 spiro atoms. The zero-order chi connectivity index (χ0) is 18.6. The Labute approximate surface area is 140 Å². The van der Waals surface area contributed by atoms with Gasteiger partial charge in [0.25, 0.3) is 11.6 Å². The SMILES string of the molecule is CC(NC(=O)c1ccc([N+](=O)[O-])cc1)c1ccc(OC(F)(F)F)cc1. The Morgan fingerprint density at radius 3 is 2.16 bits per heavy atom. The first-order chi connectivity index (χ1) is 11.7. The summed E-state index contributed by atoms with van der Waals surface area (Å²) in [6.07, 6.45) is -4.77. The van der Waals surface area contributed by atoms with Gasteiger partial charge in [-0.2, -0.15) is 0 Å².